The molecule has 1 atom stereocenters. The lowest BCUT2D eigenvalue weighted by Crippen LogP contribution is -2.43. The number of primary amides is 1. The van der Waals surface area contributed by atoms with Gasteiger partial charge >= 0.3 is 0 Å². The van der Waals surface area contributed by atoms with Gasteiger partial charge in [-0.1, -0.05) is 6.07 Å². The van der Waals surface area contributed by atoms with E-state index < -0.39 is 11.9 Å². The summed E-state index contributed by atoms with van der Waals surface area (Å²) in [4.78, 5) is 25.3. The van der Waals surface area contributed by atoms with Gasteiger partial charge < -0.3 is 10.6 Å². The van der Waals surface area contributed by atoms with Crippen LogP contribution in [-0.4, -0.2) is 39.5 Å². The highest BCUT2D eigenvalue weighted by atomic mass is 16.2. The number of amides is 2. The van der Waals surface area contributed by atoms with Crippen LogP contribution in [0.5, 0.6) is 0 Å². The number of nitrogens with zero attached hydrogens (tertiary/aromatic N) is 2. The second kappa shape index (κ2) is 4.38. The monoisotopic (exact) mass is 258 g/mol. The molecule has 3 rings (SSSR count). The predicted molar refractivity (Wildman–Crippen MR) is 69.3 cm³/mol. The molecule has 6 nitrogen and oxygen atoms in total. The van der Waals surface area contributed by atoms with Crippen LogP contribution in [0.3, 0.4) is 0 Å². The van der Waals surface area contributed by atoms with Crippen molar-refractivity contribution < 1.29 is 9.59 Å². The summed E-state index contributed by atoms with van der Waals surface area (Å²) in [6.45, 7) is 0.577. The van der Waals surface area contributed by atoms with Crippen molar-refractivity contribution in [2.24, 2.45) is 5.73 Å². The maximum Gasteiger partial charge on any atom is 0.254 e. The quantitative estimate of drug-likeness (QED) is 0.828. The lowest BCUT2D eigenvalue weighted by Gasteiger charge is -2.22. The van der Waals surface area contributed by atoms with E-state index in [1.54, 1.807) is 23.2 Å². The van der Waals surface area contributed by atoms with Gasteiger partial charge in [0.2, 0.25) is 5.91 Å². The molecule has 0 aliphatic carbocycles. The number of carbonyl (C=O) groups excluding carboxylic acids is 2. The Hall–Kier alpha value is -2.37. The van der Waals surface area contributed by atoms with Crippen molar-refractivity contribution in [2.75, 3.05) is 6.54 Å². The van der Waals surface area contributed by atoms with Gasteiger partial charge in [-0.3, -0.25) is 14.7 Å². The Balaban J connectivity index is 1.92. The fourth-order valence-corrected chi connectivity index (χ4v) is 2.54. The summed E-state index contributed by atoms with van der Waals surface area (Å²) < 4.78 is 0. The number of aromatic amines is 1. The van der Waals surface area contributed by atoms with Gasteiger partial charge in [0, 0.05) is 17.5 Å². The van der Waals surface area contributed by atoms with Gasteiger partial charge in [0.1, 0.15) is 6.04 Å². The summed E-state index contributed by atoms with van der Waals surface area (Å²) in [6.07, 6.45) is 3.16. The summed E-state index contributed by atoms with van der Waals surface area (Å²) in [5.41, 5.74) is 6.68. The maximum atomic E-state index is 12.4. The van der Waals surface area contributed by atoms with Crippen LogP contribution in [0, 0.1) is 0 Å². The molecule has 1 unspecified atom stereocenters. The van der Waals surface area contributed by atoms with Crippen molar-refractivity contribution in [3.63, 3.8) is 0 Å². The number of fused-ring (bicyclic) bond motifs is 1. The number of nitrogens with two attached hydrogens (primary N) is 1. The van der Waals surface area contributed by atoms with Crippen molar-refractivity contribution in [3.05, 3.63) is 30.0 Å². The van der Waals surface area contributed by atoms with Gasteiger partial charge in [0.05, 0.1) is 11.7 Å². The first kappa shape index (κ1) is 11.7. The maximum absolute atomic E-state index is 12.4. The van der Waals surface area contributed by atoms with Gasteiger partial charge in [0.15, 0.2) is 0 Å². The highest BCUT2D eigenvalue weighted by Gasteiger charge is 2.33. The van der Waals surface area contributed by atoms with E-state index in [4.69, 9.17) is 5.73 Å². The number of likely N-dealkylation sites (tertiary alicyclic amines) is 1. The third-order valence-electron chi connectivity index (χ3n) is 3.53. The number of carbonyl (C=O) groups is 2. The second-order valence-corrected chi connectivity index (χ2v) is 4.73. The molecule has 1 aromatic carbocycles. The molecule has 19 heavy (non-hydrogen) atoms. The second-order valence-electron chi connectivity index (χ2n) is 4.73. The summed E-state index contributed by atoms with van der Waals surface area (Å²) in [5, 5.41) is 7.69. The van der Waals surface area contributed by atoms with Crippen LogP contribution in [-0.2, 0) is 4.79 Å². The van der Waals surface area contributed by atoms with E-state index in [9.17, 15) is 9.59 Å². The minimum atomic E-state index is -0.482. The van der Waals surface area contributed by atoms with Crippen molar-refractivity contribution in [1.29, 1.82) is 0 Å². The number of benzene rings is 1. The zero-order valence-corrected chi connectivity index (χ0v) is 10.3. The van der Waals surface area contributed by atoms with Crippen LogP contribution in [0.1, 0.15) is 23.2 Å². The van der Waals surface area contributed by atoms with Crippen LogP contribution in [0.15, 0.2) is 24.4 Å². The Kier molecular flexibility index (Phi) is 2.70. The summed E-state index contributed by atoms with van der Waals surface area (Å²) in [7, 11) is 0. The van der Waals surface area contributed by atoms with Crippen molar-refractivity contribution in [2.45, 2.75) is 18.9 Å². The van der Waals surface area contributed by atoms with E-state index >= 15 is 0 Å². The Labute approximate surface area is 109 Å². The summed E-state index contributed by atoms with van der Waals surface area (Å²) >= 11 is 0. The van der Waals surface area contributed by atoms with E-state index in [-0.39, 0.29) is 5.91 Å². The molecule has 1 aliphatic heterocycles. The first-order chi connectivity index (χ1) is 9.16. The van der Waals surface area contributed by atoms with Gasteiger partial charge in [-0.05, 0) is 25.0 Å². The van der Waals surface area contributed by atoms with E-state index in [2.05, 4.69) is 10.2 Å². The molecule has 1 aliphatic rings. The predicted octanol–water partition coefficient (Wildman–Crippen LogP) is 0.653. The van der Waals surface area contributed by atoms with Gasteiger partial charge in [0.25, 0.3) is 5.91 Å². The van der Waals surface area contributed by atoms with Crippen LogP contribution < -0.4 is 5.73 Å². The number of aromatic nitrogens is 2. The van der Waals surface area contributed by atoms with E-state index in [1.807, 2.05) is 6.07 Å². The largest absolute Gasteiger partial charge is 0.368 e. The third kappa shape index (κ3) is 1.95. The lowest BCUT2D eigenvalue weighted by atomic mass is 10.1. The molecule has 1 saturated heterocycles. The highest BCUT2D eigenvalue weighted by Crippen LogP contribution is 2.21. The first-order valence-electron chi connectivity index (χ1n) is 6.20. The molecule has 2 amide bonds. The van der Waals surface area contributed by atoms with E-state index in [0.717, 1.165) is 17.3 Å². The van der Waals surface area contributed by atoms with Crippen LogP contribution in [0.4, 0.5) is 0 Å². The molecule has 6 heteroatoms. The molecule has 2 aromatic rings. The summed E-state index contributed by atoms with van der Waals surface area (Å²) in [6, 6.07) is 4.85. The van der Waals surface area contributed by atoms with Crippen LogP contribution in [0.2, 0.25) is 0 Å². The van der Waals surface area contributed by atoms with E-state index in [1.165, 1.54) is 0 Å². The number of rotatable bonds is 2. The Morgan fingerprint density at radius 1 is 1.42 bits per heavy atom. The standard InChI is InChI=1S/C13H14N4O2/c14-12(18)11-2-1-5-17(11)13(19)8-3-4-9-7-15-16-10(9)6-8/h3-4,6-7,11H,1-2,5H2,(H2,14,18)(H,15,16). The molecule has 0 saturated carbocycles. The first-order valence-corrected chi connectivity index (χ1v) is 6.20. The average Bonchev–Trinajstić information content (AvgIpc) is 3.05. The van der Waals surface area contributed by atoms with E-state index in [0.29, 0.717) is 18.5 Å². The van der Waals surface area contributed by atoms with Crippen LogP contribution in [0.25, 0.3) is 10.9 Å². The molecule has 2 heterocycles. The van der Waals surface area contributed by atoms with Crippen molar-refractivity contribution >= 4 is 22.7 Å². The topological polar surface area (TPSA) is 92.1 Å². The Morgan fingerprint density at radius 3 is 3.05 bits per heavy atom. The molecule has 0 bridgehead atoms. The molecule has 0 spiro atoms. The lowest BCUT2D eigenvalue weighted by molar-refractivity contribution is -0.121. The van der Waals surface area contributed by atoms with Gasteiger partial charge in [-0.15, -0.1) is 0 Å². The normalized spacial score (nSPS) is 18.9. The molecular formula is C13H14N4O2. The minimum absolute atomic E-state index is 0.155. The zero-order chi connectivity index (χ0) is 13.4. The number of hydrogen-bond donors (Lipinski definition) is 2. The van der Waals surface area contributed by atoms with Gasteiger partial charge in [-0.25, -0.2) is 0 Å². The highest BCUT2D eigenvalue weighted by molar-refractivity contribution is 6.00. The average molecular weight is 258 g/mol. The molecule has 98 valence electrons. The molecule has 0 radical (unpaired) electrons. The molecule has 3 N–H and O–H groups in total. The third-order valence-corrected chi connectivity index (χ3v) is 3.53. The minimum Gasteiger partial charge on any atom is -0.368 e. The van der Waals surface area contributed by atoms with Crippen LogP contribution >= 0.6 is 0 Å². The molecule has 1 aromatic heterocycles. The Bertz CT molecular complexity index is 649. The van der Waals surface area contributed by atoms with Crippen molar-refractivity contribution in [3.8, 4) is 0 Å². The number of hydrogen-bond acceptors (Lipinski definition) is 3. The van der Waals surface area contributed by atoms with Crippen molar-refractivity contribution in [1.82, 2.24) is 15.1 Å². The molecule has 1 fully saturated rings. The fraction of sp³-hybridized carbons (Fsp3) is 0.308. The molecular weight excluding hydrogens is 244 g/mol. The SMILES string of the molecule is NC(=O)C1CCCN1C(=O)c1ccc2cn[nH]c2c1. The zero-order valence-electron chi connectivity index (χ0n) is 10.3. The Morgan fingerprint density at radius 2 is 2.26 bits per heavy atom. The summed E-state index contributed by atoms with van der Waals surface area (Å²) in [5.74, 6) is -0.591. The van der Waals surface area contributed by atoms with Gasteiger partial charge in [-0.2, -0.15) is 5.10 Å². The number of nitrogens with one attached hydrogen (secondary N) is 1. The smallest absolute Gasteiger partial charge is 0.254 e. The fourth-order valence-electron chi connectivity index (χ4n) is 2.54. The number of H-pyrrole nitrogens is 1.